The first kappa shape index (κ1) is 24.7. The van der Waals surface area contributed by atoms with E-state index < -0.39 is 23.5 Å². The predicted octanol–water partition coefficient (Wildman–Crippen LogP) is 4.55. The van der Waals surface area contributed by atoms with Gasteiger partial charge in [0.1, 0.15) is 17.9 Å². The molecule has 0 aliphatic heterocycles. The molecule has 177 valence electrons. The van der Waals surface area contributed by atoms with Gasteiger partial charge in [-0.1, -0.05) is 12.1 Å². The molecule has 2 aromatic carbocycles. The Hall–Kier alpha value is -3.92. The third-order valence-corrected chi connectivity index (χ3v) is 5.04. The largest absolute Gasteiger partial charge is 0.497 e. The highest BCUT2D eigenvalue weighted by Crippen LogP contribution is 2.26. The van der Waals surface area contributed by atoms with Gasteiger partial charge in [0.2, 0.25) is 5.91 Å². The summed E-state index contributed by atoms with van der Waals surface area (Å²) in [5.41, 5.74) is 1.82. The van der Waals surface area contributed by atoms with Crippen LogP contribution in [0, 0.1) is 0 Å². The first-order valence-electron chi connectivity index (χ1n) is 10.3. The zero-order valence-electron chi connectivity index (χ0n) is 19.2. The second-order valence-corrected chi connectivity index (χ2v) is 9.00. The summed E-state index contributed by atoms with van der Waals surface area (Å²) in [5, 5.41) is 11.4. The number of ether oxygens (including phenoxy) is 2. The van der Waals surface area contributed by atoms with Gasteiger partial charge in [0, 0.05) is 22.2 Å². The van der Waals surface area contributed by atoms with E-state index in [0.717, 1.165) is 5.56 Å². The van der Waals surface area contributed by atoms with Crippen LogP contribution in [0.3, 0.4) is 0 Å². The Kier molecular flexibility index (Phi) is 7.85. The number of hydrogen-bond donors (Lipinski definition) is 2. The van der Waals surface area contributed by atoms with E-state index in [-0.39, 0.29) is 6.54 Å². The monoisotopic (exact) mass is 481 g/mol. The maximum Gasteiger partial charge on any atom is 0.413 e. The lowest BCUT2D eigenvalue weighted by atomic mass is 10.1. The van der Waals surface area contributed by atoms with Crippen LogP contribution in [0.15, 0.2) is 53.9 Å². The van der Waals surface area contributed by atoms with E-state index in [2.05, 4.69) is 20.9 Å². The summed E-state index contributed by atoms with van der Waals surface area (Å²) in [4.78, 5) is 40.6. The first-order valence-corrected chi connectivity index (χ1v) is 11.2. The highest BCUT2D eigenvalue weighted by Gasteiger charge is 2.17. The third-order valence-electron chi connectivity index (χ3n) is 4.28. The average molecular weight is 482 g/mol. The number of methoxy groups -OCH3 is 1. The van der Waals surface area contributed by atoms with Crippen LogP contribution in [-0.4, -0.2) is 42.1 Å². The summed E-state index contributed by atoms with van der Waals surface area (Å²) >= 11 is 1.28. The zero-order valence-corrected chi connectivity index (χ0v) is 20.1. The molecule has 3 rings (SSSR count). The Bertz CT molecular complexity index is 1150. The second kappa shape index (κ2) is 10.8. The summed E-state index contributed by atoms with van der Waals surface area (Å²) in [7, 11) is 1.54. The van der Waals surface area contributed by atoms with Crippen molar-refractivity contribution in [1.29, 1.82) is 0 Å². The first-order chi connectivity index (χ1) is 16.1. The number of nitrogens with zero attached hydrogens (tertiary/aromatic N) is 2. The van der Waals surface area contributed by atoms with Crippen LogP contribution < -0.4 is 20.7 Å². The maximum atomic E-state index is 12.2. The zero-order chi connectivity index (χ0) is 24.7. The molecule has 0 unspecified atom stereocenters. The lowest BCUT2D eigenvalue weighted by molar-refractivity contribution is -0.115. The summed E-state index contributed by atoms with van der Waals surface area (Å²) in [5.74, 6) is -0.259. The molecule has 1 radical (unpaired) electrons. The molecular weight excluding hydrogens is 456 g/mol. The summed E-state index contributed by atoms with van der Waals surface area (Å²) in [6.45, 7) is 5.06. The van der Waals surface area contributed by atoms with Crippen molar-refractivity contribution in [3.05, 3.63) is 59.5 Å². The molecule has 0 saturated carbocycles. The van der Waals surface area contributed by atoms with Crippen molar-refractivity contribution in [2.24, 2.45) is 0 Å². The summed E-state index contributed by atoms with van der Waals surface area (Å²) in [6, 6.07) is 13.5. The van der Waals surface area contributed by atoms with Crippen molar-refractivity contribution in [3.63, 3.8) is 0 Å². The van der Waals surface area contributed by atoms with Crippen LogP contribution in [0.2, 0.25) is 0 Å². The van der Waals surface area contributed by atoms with E-state index in [0.29, 0.717) is 27.8 Å². The molecule has 3 amide bonds. The van der Waals surface area contributed by atoms with Crippen LogP contribution in [-0.2, 0) is 9.53 Å². The highest BCUT2D eigenvalue weighted by atomic mass is 32.1. The molecule has 0 saturated heterocycles. The number of hydrogen-bond acceptors (Lipinski definition) is 7. The normalized spacial score (nSPS) is 10.8. The van der Waals surface area contributed by atoms with E-state index in [1.165, 1.54) is 18.4 Å². The van der Waals surface area contributed by atoms with Crippen molar-refractivity contribution in [3.8, 4) is 17.0 Å². The van der Waals surface area contributed by atoms with Crippen molar-refractivity contribution in [2.45, 2.75) is 26.4 Å². The van der Waals surface area contributed by atoms with Gasteiger partial charge in [-0.15, -0.1) is 11.3 Å². The molecule has 10 heteroatoms. The van der Waals surface area contributed by atoms with Crippen molar-refractivity contribution in [2.75, 3.05) is 24.3 Å². The third kappa shape index (κ3) is 7.31. The molecule has 34 heavy (non-hydrogen) atoms. The Morgan fingerprint density at radius 1 is 1.00 bits per heavy atom. The Morgan fingerprint density at radius 3 is 2.29 bits per heavy atom. The number of aromatic nitrogens is 1. The molecule has 0 aliphatic rings. The SMILES string of the molecule is COc1ccc(C(=O)[N]CC(=O)Nc2ccc(-c3csc(NC(=O)OC(C)(C)C)n3)cc2)cc1. The Labute approximate surface area is 201 Å². The molecule has 1 heterocycles. The van der Waals surface area contributed by atoms with Gasteiger partial charge in [-0.25, -0.2) is 15.1 Å². The van der Waals surface area contributed by atoms with Crippen LogP contribution in [0.4, 0.5) is 15.6 Å². The highest BCUT2D eigenvalue weighted by molar-refractivity contribution is 7.14. The molecule has 9 nitrogen and oxygen atoms in total. The van der Waals surface area contributed by atoms with Crippen LogP contribution in [0.5, 0.6) is 5.75 Å². The van der Waals surface area contributed by atoms with Gasteiger partial charge in [-0.2, -0.15) is 0 Å². The minimum Gasteiger partial charge on any atom is -0.497 e. The lowest BCUT2D eigenvalue weighted by Crippen LogP contribution is -2.27. The van der Waals surface area contributed by atoms with Gasteiger partial charge in [-0.3, -0.25) is 14.9 Å². The number of carbonyl (C=O) groups excluding carboxylic acids is 3. The molecule has 1 aromatic heterocycles. The fourth-order valence-corrected chi connectivity index (χ4v) is 3.45. The molecule has 0 bridgehead atoms. The number of carbonyl (C=O) groups is 3. The fourth-order valence-electron chi connectivity index (χ4n) is 2.75. The number of rotatable bonds is 7. The van der Waals surface area contributed by atoms with E-state index in [9.17, 15) is 14.4 Å². The van der Waals surface area contributed by atoms with Gasteiger partial charge < -0.3 is 14.8 Å². The van der Waals surface area contributed by atoms with Crippen molar-refractivity contribution < 1.29 is 23.9 Å². The number of nitrogens with one attached hydrogen (secondary N) is 2. The lowest BCUT2D eigenvalue weighted by Gasteiger charge is -2.18. The molecule has 2 N–H and O–H groups in total. The molecule has 0 atom stereocenters. The average Bonchev–Trinajstić information content (AvgIpc) is 3.25. The van der Waals surface area contributed by atoms with E-state index in [1.54, 1.807) is 69.3 Å². The maximum absolute atomic E-state index is 12.2. The number of amides is 3. The topological polar surface area (TPSA) is 121 Å². The van der Waals surface area contributed by atoms with Gasteiger partial charge in [-0.05, 0) is 57.2 Å². The van der Waals surface area contributed by atoms with Crippen molar-refractivity contribution in [1.82, 2.24) is 10.3 Å². The molecule has 0 fully saturated rings. The molecule has 3 aromatic rings. The van der Waals surface area contributed by atoms with E-state index in [1.807, 2.05) is 5.38 Å². The van der Waals surface area contributed by atoms with E-state index in [4.69, 9.17) is 9.47 Å². The minimum atomic E-state index is -0.597. The molecular formula is C24H25N4O5S. The minimum absolute atomic E-state index is 0.293. The quantitative estimate of drug-likeness (QED) is 0.511. The predicted molar refractivity (Wildman–Crippen MR) is 130 cm³/mol. The van der Waals surface area contributed by atoms with Gasteiger partial charge >= 0.3 is 6.09 Å². The smallest absolute Gasteiger partial charge is 0.413 e. The van der Waals surface area contributed by atoms with Crippen LogP contribution in [0.1, 0.15) is 31.1 Å². The number of benzene rings is 2. The fraction of sp³-hybridized carbons (Fsp3) is 0.250. The van der Waals surface area contributed by atoms with Gasteiger partial charge in [0.15, 0.2) is 5.13 Å². The Morgan fingerprint density at radius 2 is 1.68 bits per heavy atom. The molecule has 0 spiro atoms. The number of thiazole rings is 1. The standard InChI is InChI=1S/C24H25N4O5S/c1-24(2,3)33-23(31)28-22-27-19(14-34-22)15-5-9-17(10-6-15)26-20(29)13-25-21(30)16-7-11-18(32-4)12-8-16/h5-12,14H,13H2,1-4H3,(H,26,29)(H,27,28,31). The second-order valence-electron chi connectivity index (χ2n) is 8.14. The Balaban J connectivity index is 1.50. The summed E-state index contributed by atoms with van der Waals surface area (Å²) < 4.78 is 10.3. The number of anilines is 2. The van der Waals surface area contributed by atoms with Gasteiger partial charge in [0.05, 0.1) is 12.8 Å². The van der Waals surface area contributed by atoms with E-state index >= 15 is 0 Å². The molecule has 0 aliphatic carbocycles. The van der Waals surface area contributed by atoms with Crippen LogP contribution in [0.25, 0.3) is 11.3 Å². The van der Waals surface area contributed by atoms with Crippen LogP contribution >= 0.6 is 11.3 Å². The summed E-state index contributed by atoms with van der Waals surface area (Å²) in [6.07, 6.45) is -0.567. The van der Waals surface area contributed by atoms with Gasteiger partial charge in [0.25, 0.3) is 5.91 Å². The van der Waals surface area contributed by atoms with Crippen molar-refractivity contribution >= 4 is 40.1 Å².